The Morgan fingerprint density at radius 1 is 0.944 bits per heavy atom. The molecule has 2 aromatic rings. The van der Waals surface area contributed by atoms with Gasteiger partial charge >= 0.3 is 10.2 Å². The lowest BCUT2D eigenvalue weighted by Crippen LogP contribution is -2.25. The molecule has 0 unspecified atom stereocenters. The summed E-state index contributed by atoms with van der Waals surface area (Å²) in [5, 5.41) is 0. The van der Waals surface area contributed by atoms with E-state index in [2.05, 4.69) is 4.72 Å². The van der Waals surface area contributed by atoms with Gasteiger partial charge in [0.15, 0.2) is 0 Å². The van der Waals surface area contributed by atoms with Gasteiger partial charge in [0, 0.05) is 0 Å². The van der Waals surface area contributed by atoms with Crippen molar-refractivity contribution in [3.8, 4) is 0 Å². The van der Waals surface area contributed by atoms with Gasteiger partial charge in [0.1, 0.15) is 0 Å². The minimum absolute atomic E-state index is 0.612. The van der Waals surface area contributed by atoms with Gasteiger partial charge < -0.3 is 0 Å². The van der Waals surface area contributed by atoms with E-state index in [1.54, 1.807) is 18.2 Å². The van der Waals surface area contributed by atoms with Gasteiger partial charge in [-0.2, -0.15) is 8.42 Å². The van der Waals surface area contributed by atoms with Gasteiger partial charge in [0.25, 0.3) is 0 Å². The number of aryl methyl sites for hydroxylation is 1. The van der Waals surface area contributed by atoms with Crippen molar-refractivity contribution in [3.63, 3.8) is 0 Å². The molecule has 0 aliphatic carbocycles. The maximum absolute atomic E-state index is 12.2. The summed E-state index contributed by atoms with van der Waals surface area (Å²) in [6, 6.07) is 14.6. The molecule has 0 atom stereocenters. The van der Waals surface area contributed by atoms with Crippen LogP contribution in [0.1, 0.15) is 5.56 Å². The van der Waals surface area contributed by atoms with Crippen molar-refractivity contribution in [1.29, 1.82) is 0 Å². The Labute approximate surface area is 106 Å². The summed E-state index contributed by atoms with van der Waals surface area (Å²) in [6.45, 7) is 1.89. The Bertz CT molecular complexity index is 710. The van der Waals surface area contributed by atoms with Crippen LogP contribution in [0.5, 0.6) is 0 Å². The molecule has 0 saturated carbocycles. The van der Waals surface area contributed by atoms with Gasteiger partial charge in [-0.3, -0.25) is 4.72 Å². The van der Waals surface area contributed by atoms with Crippen molar-refractivity contribution in [2.24, 2.45) is 0 Å². The molecule has 0 aromatic heterocycles. The van der Waals surface area contributed by atoms with E-state index in [0.717, 1.165) is 5.56 Å². The Morgan fingerprint density at radius 3 is 2.28 bits per heavy atom. The highest BCUT2D eigenvalue weighted by Crippen LogP contribution is 2.41. The van der Waals surface area contributed by atoms with E-state index in [0.29, 0.717) is 17.1 Å². The smallest absolute Gasteiger partial charge is 0.264 e. The Kier molecular flexibility index (Phi) is 2.31. The largest absolute Gasteiger partial charge is 0.328 e. The first kappa shape index (κ1) is 11.1. The van der Waals surface area contributed by atoms with Crippen molar-refractivity contribution < 1.29 is 8.42 Å². The highest BCUT2D eigenvalue weighted by atomic mass is 32.2. The summed E-state index contributed by atoms with van der Waals surface area (Å²) in [4.78, 5) is 0. The monoisotopic (exact) mass is 260 g/mol. The van der Waals surface area contributed by atoms with Crippen LogP contribution in [0.3, 0.4) is 0 Å². The first-order chi connectivity index (χ1) is 8.59. The number of hydrogen-bond donors (Lipinski definition) is 1. The van der Waals surface area contributed by atoms with Crippen LogP contribution < -0.4 is 9.03 Å². The second kappa shape index (κ2) is 3.74. The highest BCUT2D eigenvalue weighted by molar-refractivity contribution is 7.95. The Morgan fingerprint density at radius 2 is 1.56 bits per heavy atom. The Balaban J connectivity index is 2.26. The summed E-state index contributed by atoms with van der Waals surface area (Å²) in [7, 11) is -3.54. The van der Waals surface area contributed by atoms with Gasteiger partial charge in [-0.05, 0) is 30.7 Å². The lowest BCUT2D eigenvalue weighted by atomic mass is 10.2. The summed E-state index contributed by atoms with van der Waals surface area (Å²) < 4.78 is 28.3. The minimum atomic E-state index is -3.54. The SMILES string of the molecule is Cc1ccccc1N1c2ccccc2NS1(=O)=O. The van der Waals surface area contributed by atoms with Crippen molar-refractivity contribution >= 4 is 27.3 Å². The maximum Gasteiger partial charge on any atom is 0.328 e. The molecule has 1 N–H and O–H groups in total. The molecule has 18 heavy (non-hydrogen) atoms. The van der Waals surface area contributed by atoms with Gasteiger partial charge in [0.2, 0.25) is 0 Å². The van der Waals surface area contributed by atoms with Gasteiger partial charge in [0.05, 0.1) is 17.1 Å². The molecular weight excluding hydrogens is 248 g/mol. The van der Waals surface area contributed by atoms with E-state index >= 15 is 0 Å². The van der Waals surface area contributed by atoms with Crippen LogP contribution in [-0.2, 0) is 10.2 Å². The molecule has 92 valence electrons. The summed E-state index contributed by atoms with van der Waals surface area (Å²) in [6.07, 6.45) is 0. The van der Waals surface area contributed by atoms with Crippen molar-refractivity contribution in [3.05, 3.63) is 54.1 Å². The molecule has 0 amide bonds. The number of hydrogen-bond acceptors (Lipinski definition) is 2. The van der Waals surface area contributed by atoms with Gasteiger partial charge in [-0.25, -0.2) is 4.31 Å². The van der Waals surface area contributed by atoms with Crippen LogP contribution in [0.4, 0.5) is 17.1 Å². The lowest BCUT2D eigenvalue weighted by molar-refractivity contribution is 0.603. The van der Waals surface area contributed by atoms with E-state index in [1.807, 2.05) is 37.3 Å². The molecule has 1 aliphatic heterocycles. The summed E-state index contributed by atoms with van der Waals surface area (Å²) in [5.74, 6) is 0. The third kappa shape index (κ3) is 1.55. The topological polar surface area (TPSA) is 49.4 Å². The third-order valence-corrected chi connectivity index (χ3v) is 4.29. The molecule has 0 fully saturated rings. The van der Waals surface area contributed by atoms with Crippen LogP contribution in [0.2, 0.25) is 0 Å². The molecule has 1 heterocycles. The van der Waals surface area contributed by atoms with E-state index < -0.39 is 10.2 Å². The number of nitrogens with zero attached hydrogens (tertiary/aromatic N) is 1. The van der Waals surface area contributed by atoms with Crippen molar-refractivity contribution in [1.82, 2.24) is 0 Å². The first-order valence-corrected chi connectivity index (χ1v) is 7.01. The van der Waals surface area contributed by atoms with Gasteiger partial charge in [-0.1, -0.05) is 30.3 Å². The number of fused-ring (bicyclic) bond motifs is 1. The zero-order valence-electron chi connectivity index (χ0n) is 9.79. The number of anilines is 3. The molecule has 4 nitrogen and oxygen atoms in total. The Hall–Kier alpha value is -2.01. The molecule has 2 aromatic carbocycles. The predicted octanol–water partition coefficient (Wildman–Crippen LogP) is 2.80. The number of rotatable bonds is 1. The van der Waals surface area contributed by atoms with Crippen LogP contribution in [0.25, 0.3) is 0 Å². The third-order valence-electron chi connectivity index (χ3n) is 2.94. The van der Waals surface area contributed by atoms with Crippen LogP contribution in [0.15, 0.2) is 48.5 Å². The minimum Gasteiger partial charge on any atom is -0.264 e. The first-order valence-electron chi connectivity index (χ1n) is 5.57. The quantitative estimate of drug-likeness (QED) is 0.857. The summed E-state index contributed by atoms with van der Waals surface area (Å²) in [5.41, 5.74) is 2.86. The average molecular weight is 260 g/mol. The highest BCUT2D eigenvalue weighted by Gasteiger charge is 2.34. The number of para-hydroxylation sites is 3. The molecule has 5 heteroatoms. The van der Waals surface area contributed by atoms with Gasteiger partial charge in [-0.15, -0.1) is 0 Å². The maximum atomic E-state index is 12.2. The molecule has 0 radical (unpaired) electrons. The molecule has 1 aliphatic rings. The van der Waals surface area contributed by atoms with E-state index in [9.17, 15) is 8.42 Å². The van der Waals surface area contributed by atoms with Crippen LogP contribution >= 0.6 is 0 Å². The normalized spacial score (nSPS) is 16.2. The second-order valence-electron chi connectivity index (χ2n) is 4.18. The molecule has 0 bridgehead atoms. The zero-order valence-corrected chi connectivity index (χ0v) is 10.6. The second-order valence-corrected chi connectivity index (χ2v) is 5.69. The van der Waals surface area contributed by atoms with Crippen molar-refractivity contribution in [2.45, 2.75) is 6.92 Å². The van der Waals surface area contributed by atoms with Crippen LogP contribution in [-0.4, -0.2) is 8.42 Å². The van der Waals surface area contributed by atoms with E-state index in [1.165, 1.54) is 4.31 Å². The standard InChI is InChI=1S/C13H12N2O2S/c1-10-6-2-4-8-12(10)15-13-9-5-3-7-11(13)14-18(15,16)17/h2-9,14H,1H3. The molecular formula is C13H12N2O2S. The fourth-order valence-electron chi connectivity index (χ4n) is 2.10. The molecule has 0 saturated heterocycles. The molecule has 0 spiro atoms. The fourth-order valence-corrected chi connectivity index (χ4v) is 3.53. The van der Waals surface area contributed by atoms with Crippen LogP contribution in [0, 0.1) is 6.92 Å². The lowest BCUT2D eigenvalue weighted by Gasteiger charge is -2.18. The van der Waals surface area contributed by atoms with Crippen molar-refractivity contribution in [2.75, 3.05) is 9.03 Å². The zero-order chi connectivity index (χ0) is 12.8. The predicted molar refractivity (Wildman–Crippen MR) is 72.3 cm³/mol. The van der Waals surface area contributed by atoms with E-state index in [4.69, 9.17) is 0 Å². The van der Waals surface area contributed by atoms with E-state index in [-0.39, 0.29) is 0 Å². The number of nitrogens with one attached hydrogen (secondary N) is 1. The number of benzene rings is 2. The summed E-state index contributed by atoms with van der Waals surface area (Å²) >= 11 is 0. The fraction of sp³-hybridized carbons (Fsp3) is 0.0769. The molecule has 3 rings (SSSR count). The average Bonchev–Trinajstić information content (AvgIpc) is 2.60.